The van der Waals surface area contributed by atoms with Crippen molar-refractivity contribution in [3.63, 3.8) is 0 Å². The number of amides is 1. The fourth-order valence-corrected chi connectivity index (χ4v) is 3.01. The third-order valence-corrected chi connectivity index (χ3v) is 4.47. The number of piperidine rings is 1. The van der Waals surface area contributed by atoms with Crippen LogP contribution in [0.1, 0.15) is 35.9 Å². The summed E-state index contributed by atoms with van der Waals surface area (Å²) in [4.78, 5) is 14.5. The number of halogens is 1. The molecule has 1 fully saturated rings. The molecule has 116 valence electrons. The number of nitrogens with zero attached hydrogens (tertiary/aromatic N) is 3. The average molecular weight is 318 g/mol. The molecule has 1 aromatic heterocycles. The van der Waals surface area contributed by atoms with Crippen LogP contribution < -0.4 is 0 Å². The lowest BCUT2D eigenvalue weighted by atomic mass is 9.99. The average Bonchev–Trinajstić information content (AvgIpc) is 2.89. The van der Waals surface area contributed by atoms with Crippen LogP contribution in [0.4, 0.5) is 0 Å². The predicted octanol–water partition coefficient (Wildman–Crippen LogP) is 3.71. The van der Waals surface area contributed by atoms with E-state index in [1.807, 2.05) is 42.2 Å². The maximum absolute atomic E-state index is 12.6. The summed E-state index contributed by atoms with van der Waals surface area (Å²) in [5.41, 5.74) is 2.30. The third-order valence-electron chi connectivity index (χ3n) is 4.23. The first-order valence-electron chi connectivity index (χ1n) is 7.66. The van der Waals surface area contributed by atoms with Crippen molar-refractivity contribution in [2.24, 2.45) is 5.92 Å². The van der Waals surface area contributed by atoms with E-state index in [9.17, 15) is 4.79 Å². The Balaban J connectivity index is 1.84. The summed E-state index contributed by atoms with van der Waals surface area (Å²) < 4.78 is 1.77. The minimum absolute atomic E-state index is 0.0239. The quantitative estimate of drug-likeness (QED) is 0.847. The van der Waals surface area contributed by atoms with Crippen LogP contribution in [0.3, 0.4) is 0 Å². The van der Waals surface area contributed by atoms with Crippen molar-refractivity contribution in [2.45, 2.75) is 26.7 Å². The van der Waals surface area contributed by atoms with E-state index >= 15 is 0 Å². The Kier molecular flexibility index (Phi) is 4.21. The number of hydrogen-bond acceptors (Lipinski definition) is 2. The minimum Gasteiger partial charge on any atom is -0.337 e. The zero-order valence-electron chi connectivity index (χ0n) is 12.9. The first-order chi connectivity index (χ1) is 10.5. The van der Waals surface area contributed by atoms with Crippen molar-refractivity contribution in [3.8, 4) is 5.69 Å². The van der Waals surface area contributed by atoms with E-state index in [1.54, 1.807) is 4.68 Å². The molecule has 2 heterocycles. The van der Waals surface area contributed by atoms with Crippen LogP contribution in [0, 0.1) is 12.8 Å². The number of aryl methyl sites for hydroxylation is 1. The van der Waals surface area contributed by atoms with Crippen molar-refractivity contribution >= 4 is 17.5 Å². The second-order valence-corrected chi connectivity index (χ2v) is 6.47. The normalized spacial score (nSPS) is 16.0. The molecule has 1 aliphatic rings. The number of carbonyl (C=O) groups is 1. The van der Waals surface area contributed by atoms with Crippen molar-refractivity contribution in [3.05, 3.63) is 46.7 Å². The Morgan fingerprint density at radius 2 is 2.00 bits per heavy atom. The first-order valence-corrected chi connectivity index (χ1v) is 8.04. The van der Waals surface area contributed by atoms with Gasteiger partial charge in [-0.3, -0.25) is 4.79 Å². The highest BCUT2D eigenvalue weighted by Gasteiger charge is 2.23. The van der Waals surface area contributed by atoms with Crippen LogP contribution in [-0.4, -0.2) is 33.7 Å². The topological polar surface area (TPSA) is 38.1 Å². The summed E-state index contributed by atoms with van der Waals surface area (Å²) in [7, 11) is 0. The van der Waals surface area contributed by atoms with Gasteiger partial charge in [-0.05, 0) is 49.9 Å². The maximum atomic E-state index is 12.6. The van der Waals surface area contributed by atoms with E-state index in [1.165, 1.54) is 0 Å². The number of aromatic nitrogens is 2. The number of likely N-dealkylation sites (tertiary alicyclic amines) is 1. The second-order valence-electron chi connectivity index (χ2n) is 6.04. The van der Waals surface area contributed by atoms with Crippen molar-refractivity contribution < 1.29 is 4.79 Å². The number of hydrogen-bond donors (Lipinski definition) is 0. The zero-order valence-corrected chi connectivity index (χ0v) is 13.7. The van der Waals surface area contributed by atoms with Gasteiger partial charge in [0, 0.05) is 23.8 Å². The Morgan fingerprint density at radius 3 is 2.68 bits per heavy atom. The number of carbonyl (C=O) groups excluding carboxylic acids is 1. The molecule has 1 saturated heterocycles. The van der Waals surface area contributed by atoms with Gasteiger partial charge in [-0.1, -0.05) is 24.6 Å². The van der Waals surface area contributed by atoms with Gasteiger partial charge < -0.3 is 4.90 Å². The highest BCUT2D eigenvalue weighted by atomic mass is 35.5. The fourth-order valence-electron chi connectivity index (χ4n) is 2.82. The Labute approximate surface area is 135 Å². The Bertz CT molecular complexity index is 687. The largest absolute Gasteiger partial charge is 0.337 e. The molecular weight excluding hydrogens is 298 g/mol. The van der Waals surface area contributed by atoms with Gasteiger partial charge in [0.2, 0.25) is 0 Å². The second kappa shape index (κ2) is 6.13. The van der Waals surface area contributed by atoms with Gasteiger partial charge in [-0.25, -0.2) is 4.68 Å². The minimum atomic E-state index is 0.0239. The van der Waals surface area contributed by atoms with Crippen molar-refractivity contribution in [1.29, 1.82) is 0 Å². The van der Waals surface area contributed by atoms with Gasteiger partial charge in [0.25, 0.3) is 5.91 Å². The number of rotatable bonds is 2. The molecule has 3 rings (SSSR count). The van der Waals surface area contributed by atoms with E-state index in [2.05, 4.69) is 12.0 Å². The Hall–Kier alpha value is -1.81. The molecule has 0 unspecified atom stereocenters. The summed E-state index contributed by atoms with van der Waals surface area (Å²) in [5, 5.41) is 5.14. The van der Waals surface area contributed by atoms with Crippen molar-refractivity contribution in [1.82, 2.24) is 14.7 Å². The van der Waals surface area contributed by atoms with E-state index in [-0.39, 0.29) is 5.91 Å². The molecule has 0 atom stereocenters. The highest BCUT2D eigenvalue weighted by molar-refractivity contribution is 6.30. The SMILES string of the molecule is Cc1cc(C(=O)N2CCC(C)CC2)nn1-c1cccc(Cl)c1. The lowest BCUT2D eigenvalue weighted by Gasteiger charge is -2.29. The summed E-state index contributed by atoms with van der Waals surface area (Å²) in [6, 6.07) is 9.33. The van der Waals surface area contributed by atoms with Crippen LogP contribution in [0.2, 0.25) is 5.02 Å². The molecule has 1 aromatic carbocycles. The van der Waals surface area contributed by atoms with Gasteiger partial charge >= 0.3 is 0 Å². The lowest BCUT2D eigenvalue weighted by Crippen LogP contribution is -2.38. The van der Waals surface area contributed by atoms with Crippen molar-refractivity contribution in [2.75, 3.05) is 13.1 Å². The van der Waals surface area contributed by atoms with Gasteiger partial charge in [0.15, 0.2) is 5.69 Å². The molecule has 0 spiro atoms. The van der Waals surface area contributed by atoms with Crippen LogP contribution in [-0.2, 0) is 0 Å². The Morgan fingerprint density at radius 1 is 1.27 bits per heavy atom. The molecule has 5 heteroatoms. The zero-order chi connectivity index (χ0) is 15.7. The molecule has 0 radical (unpaired) electrons. The molecule has 1 aliphatic heterocycles. The van der Waals surface area contributed by atoms with Gasteiger partial charge in [-0.2, -0.15) is 5.10 Å². The molecule has 2 aromatic rings. The van der Waals surface area contributed by atoms with E-state index in [0.717, 1.165) is 37.3 Å². The molecule has 0 aliphatic carbocycles. The molecule has 0 saturated carbocycles. The molecule has 4 nitrogen and oxygen atoms in total. The summed E-state index contributed by atoms with van der Waals surface area (Å²) in [5.74, 6) is 0.727. The van der Waals surface area contributed by atoms with E-state index in [4.69, 9.17) is 11.6 Å². The highest BCUT2D eigenvalue weighted by Crippen LogP contribution is 2.20. The first kappa shape index (κ1) is 15.1. The van der Waals surface area contributed by atoms with E-state index in [0.29, 0.717) is 16.6 Å². The molecule has 0 N–H and O–H groups in total. The fraction of sp³-hybridized carbons (Fsp3) is 0.412. The monoisotopic (exact) mass is 317 g/mol. The van der Waals surface area contributed by atoms with E-state index < -0.39 is 0 Å². The summed E-state index contributed by atoms with van der Waals surface area (Å²) in [6.07, 6.45) is 2.14. The van der Waals surface area contributed by atoms with Crippen LogP contribution in [0.15, 0.2) is 30.3 Å². The standard InChI is InChI=1S/C17H20ClN3O/c1-12-6-8-20(9-7-12)17(22)16-10-13(2)21(19-16)15-5-3-4-14(18)11-15/h3-5,10-12H,6-9H2,1-2H3. The predicted molar refractivity (Wildman–Crippen MR) is 87.6 cm³/mol. The smallest absolute Gasteiger partial charge is 0.274 e. The van der Waals surface area contributed by atoms with Crippen LogP contribution in [0.5, 0.6) is 0 Å². The molecular formula is C17H20ClN3O. The summed E-state index contributed by atoms with van der Waals surface area (Å²) in [6.45, 7) is 5.83. The van der Waals surface area contributed by atoms with Crippen LogP contribution >= 0.6 is 11.6 Å². The van der Waals surface area contributed by atoms with Crippen LogP contribution in [0.25, 0.3) is 5.69 Å². The number of benzene rings is 1. The van der Waals surface area contributed by atoms with Gasteiger partial charge in [0.1, 0.15) is 0 Å². The maximum Gasteiger partial charge on any atom is 0.274 e. The third kappa shape index (κ3) is 3.02. The molecule has 22 heavy (non-hydrogen) atoms. The molecule has 1 amide bonds. The lowest BCUT2D eigenvalue weighted by molar-refractivity contribution is 0.0691. The van der Waals surface area contributed by atoms with Gasteiger partial charge in [-0.15, -0.1) is 0 Å². The van der Waals surface area contributed by atoms with Gasteiger partial charge in [0.05, 0.1) is 5.69 Å². The molecule has 0 bridgehead atoms. The summed E-state index contributed by atoms with van der Waals surface area (Å²) >= 11 is 6.04.